The molecule has 1 aromatic rings. The maximum Gasteiger partial charge on any atom is 0.0386 e. The molecule has 1 N–H and O–H groups in total. The second-order valence-electron chi connectivity index (χ2n) is 5.25. The Morgan fingerprint density at radius 1 is 1.53 bits per heavy atom. The molecule has 0 aliphatic heterocycles. The lowest BCUT2D eigenvalue weighted by atomic mass is 10.0. The van der Waals surface area contributed by atoms with Crippen LogP contribution in [0.5, 0.6) is 0 Å². The zero-order valence-corrected chi connectivity index (χ0v) is 10.1. The largest absolute Gasteiger partial charge is 0.309 e. The van der Waals surface area contributed by atoms with E-state index >= 15 is 0 Å². The summed E-state index contributed by atoms with van der Waals surface area (Å²) in [6, 6.07) is 4.92. The van der Waals surface area contributed by atoms with Gasteiger partial charge in [0.25, 0.3) is 0 Å². The second kappa shape index (κ2) is 3.60. The Bertz CT molecular complexity index is 322. The highest BCUT2D eigenvalue weighted by molar-refractivity contribution is 7.10. The lowest BCUT2D eigenvalue weighted by Crippen LogP contribution is -2.27. The van der Waals surface area contributed by atoms with Gasteiger partial charge in [0.15, 0.2) is 0 Å². The van der Waals surface area contributed by atoms with E-state index < -0.39 is 0 Å². The summed E-state index contributed by atoms with van der Waals surface area (Å²) in [7, 11) is 0. The Kier molecular flexibility index (Phi) is 2.37. The van der Waals surface area contributed by atoms with Gasteiger partial charge in [-0.3, -0.25) is 0 Å². The van der Waals surface area contributed by atoms with Gasteiger partial charge in [-0.15, -0.1) is 11.3 Å². The quantitative estimate of drug-likeness (QED) is 0.801. The molecule has 2 fully saturated rings. The fourth-order valence-electron chi connectivity index (χ4n) is 2.58. The molecule has 3 rings (SSSR count). The van der Waals surface area contributed by atoms with E-state index in [1.165, 1.54) is 37.1 Å². The summed E-state index contributed by atoms with van der Waals surface area (Å²) in [6.07, 6.45) is 5.94. The summed E-state index contributed by atoms with van der Waals surface area (Å²) in [5, 5.41) is 5.89. The number of thiophene rings is 1. The molecule has 1 heterocycles. The van der Waals surface area contributed by atoms with Gasteiger partial charge in [0.2, 0.25) is 0 Å². The van der Waals surface area contributed by atoms with Crippen molar-refractivity contribution in [3.05, 3.63) is 22.4 Å². The van der Waals surface area contributed by atoms with E-state index in [0.29, 0.717) is 6.04 Å². The molecular weight excluding hydrogens is 202 g/mol. The number of hydrogen-bond donors (Lipinski definition) is 1. The first kappa shape index (κ1) is 9.86. The molecule has 1 atom stereocenters. The second-order valence-corrected chi connectivity index (χ2v) is 6.23. The van der Waals surface area contributed by atoms with E-state index in [1.54, 1.807) is 0 Å². The van der Waals surface area contributed by atoms with Crippen LogP contribution < -0.4 is 5.32 Å². The van der Waals surface area contributed by atoms with Crippen molar-refractivity contribution in [1.29, 1.82) is 0 Å². The third-order valence-electron chi connectivity index (χ3n) is 4.07. The van der Waals surface area contributed by atoms with Gasteiger partial charge >= 0.3 is 0 Å². The predicted octanol–water partition coefficient (Wildman–Crippen LogP) is 3.59. The van der Waals surface area contributed by atoms with Gasteiger partial charge in [-0.1, -0.05) is 6.07 Å². The molecule has 0 spiro atoms. The van der Waals surface area contributed by atoms with Crippen molar-refractivity contribution in [3.63, 3.8) is 0 Å². The monoisotopic (exact) mass is 221 g/mol. The lowest BCUT2D eigenvalue weighted by Gasteiger charge is -2.18. The van der Waals surface area contributed by atoms with Crippen LogP contribution in [0.2, 0.25) is 0 Å². The van der Waals surface area contributed by atoms with Crippen LogP contribution in [-0.4, -0.2) is 6.54 Å². The molecule has 1 nitrogen and oxygen atoms in total. The Hall–Kier alpha value is -0.340. The Balaban J connectivity index is 1.53. The van der Waals surface area contributed by atoms with Gasteiger partial charge in [0, 0.05) is 17.5 Å². The van der Waals surface area contributed by atoms with Gasteiger partial charge in [-0.2, -0.15) is 0 Å². The van der Waals surface area contributed by atoms with Crippen molar-refractivity contribution in [2.75, 3.05) is 6.54 Å². The molecular formula is C13H19NS. The fraction of sp³-hybridized carbons (Fsp3) is 0.692. The first-order valence-corrected chi connectivity index (χ1v) is 6.95. The predicted molar refractivity (Wildman–Crippen MR) is 65.1 cm³/mol. The first-order chi connectivity index (χ1) is 7.30. The van der Waals surface area contributed by atoms with Crippen LogP contribution in [-0.2, 0) is 0 Å². The third kappa shape index (κ3) is 1.98. The van der Waals surface area contributed by atoms with Crippen LogP contribution in [0.1, 0.15) is 43.5 Å². The minimum Gasteiger partial charge on any atom is -0.309 e. The van der Waals surface area contributed by atoms with Crippen molar-refractivity contribution in [3.8, 4) is 0 Å². The average Bonchev–Trinajstić information content (AvgIpc) is 3.14. The molecule has 0 aromatic carbocycles. The van der Waals surface area contributed by atoms with E-state index in [4.69, 9.17) is 0 Å². The Labute approximate surface area is 95.9 Å². The Morgan fingerprint density at radius 3 is 2.87 bits per heavy atom. The minimum absolute atomic E-state index is 0.543. The molecule has 0 bridgehead atoms. The molecule has 0 saturated heterocycles. The molecule has 15 heavy (non-hydrogen) atoms. The smallest absolute Gasteiger partial charge is 0.0386 e. The molecule has 2 aliphatic carbocycles. The van der Waals surface area contributed by atoms with Gasteiger partial charge in [-0.25, -0.2) is 0 Å². The van der Waals surface area contributed by atoms with Gasteiger partial charge in [-0.05, 0) is 55.4 Å². The maximum atomic E-state index is 3.72. The molecule has 82 valence electrons. The van der Waals surface area contributed by atoms with Crippen molar-refractivity contribution >= 4 is 11.3 Å². The lowest BCUT2D eigenvalue weighted by molar-refractivity contribution is 0.383. The molecule has 0 amide bonds. The third-order valence-corrected chi connectivity index (χ3v) is 5.12. The topological polar surface area (TPSA) is 12.0 Å². The molecule has 2 heteroatoms. The van der Waals surface area contributed by atoms with E-state index in [2.05, 4.69) is 29.8 Å². The van der Waals surface area contributed by atoms with Crippen molar-refractivity contribution in [2.24, 2.45) is 11.3 Å². The zero-order valence-electron chi connectivity index (χ0n) is 9.33. The summed E-state index contributed by atoms with van der Waals surface area (Å²) in [4.78, 5) is 1.47. The molecule has 2 aliphatic rings. The van der Waals surface area contributed by atoms with Crippen molar-refractivity contribution < 1.29 is 0 Å². The van der Waals surface area contributed by atoms with E-state index in [9.17, 15) is 0 Å². The van der Waals surface area contributed by atoms with Gasteiger partial charge in [0.1, 0.15) is 0 Å². The van der Waals surface area contributed by atoms with Crippen LogP contribution in [0.4, 0.5) is 0 Å². The SMILES string of the molecule is CC(NCC1(C2CC2)CC1)c1cccs1. The number of hydrogen-bond acceptors (Lipinski definition) is 2. The van der Waals surface area contributed by atoms with Crippen LogP contribution in [0.3, 0.4) is 0 Å². The summed E-state index contributed by atoms with van der Waals surface area (Å²) in [6.45, 7) is 3.53. The van der Waals surface area contributed by atoms with Crippen LogP contribution in [0, 0.1) is 11.3 Å². The first-order valence-electron chi connectivity index (χ1n) is 6.07. The highest BCUT2D eigenvalue weighted by atomic mass is 32.1. The van der Waals surface area contributed by atoms with E-state index in [1.807, 2.05) is 11.3 Å². The molecule has 1 unspecified atom stereocenters. The highest BCUT2D eigenvalue weighted by Gasteiger charge is 2.53. The number of rotatable bonds is 5. The highest BCUT2D eigenvalue weighted by Crippen LogP contribution is 2.60. The van der Waals surface area contributed by atoms with E-state index in [0.717, 1.165) is 11.3 Å². The molecule has 0 radical (unpaired) electrons. The Morgan fingerprint density at radius 2 is 2.33 bits per heavy atom. The normalized spacial score (nSPS) is 25.1. The molecule has 1 aromatic heterocycles. The van der Waals surface area contributed by atoms with Crippen molar-refractivity contribution in [2.45, 2.75) is 38.6 Å². The van der Waals surface area contributed by atoms with Crippen LogP contribution >= 0.6 is 11.3 Å². The summed E-state index contributed by atoms with van der Waals surface area (Å²) < 4.78 is 0. The zero-order chi connectivity index (χ0) is 10.3. The van der Waals surface area contributed by atoms with E-state index in [-0.39, 0.29) is 0 Å². The number of nitrogens with one attached hydrogen (secondary N) is 1. The average molecular weight is 221 g/mol. The van der Waals surface area contributed by atoms with Crippen LogP contribution in [0.25, 0.3) is 0 Å². The fourth-order valence-corrected chi connectivity index (χ4v) is 3.34. The summed E-state index contributed by atoms with van der Waals surface area (Å²) >= 11 is 1.86. The minimum atomic E-state index is 0.543. The van der Waals surface area contributed by atoms with Gasteiger partial charge < -0.3 is 5.32 Å². The van der Waals surface area contributed by atoms with Crippen LogP contribution in [0.15, 0.2) is 17.5 Å². The molecule has 2 saturated carbocycles. The summed E-state index contributed by atoms with van der Waals surface area (Å²) in [5.74, 6) is 1.07. The van der Waals surface area contributed by atoms with Gasteiger partial charge in [0.05, 0.1) is 0 Å². The standard InChI is InChI=1S/C13H19NS/c1-10(12-3-2-8-15-12)14-9-13(6-7-13)11-4-5-11/h2-3,8,10-11,14H,4-7,9H2,1H3. The summed E-state index contributed by atoms with van der Waals surface area (Å²) in [5.41, 5.74) is 0.728. The van der Waals surface area contributed by atoms with Crippen molar-refractivity contribution in [1.82, 2.24) is 5.32 Å². The maximum absolute atomic E-state index is 3.72.